The molecule has 1 unspecified atom stereocenters. The maximum absolute atomic E-state index is 12.5. The minimum Gasteiger partial charge on any atom is -0.493 e. The van der Waals surface area contributed by atoms with Gasteiger partial charge in [-0.05, 0) is 54.3 Å². The number of aromatic carboxylic acids is 1. The number of hydrogen-bond donors (Lipinski definition) is 2. The van der Waals surface area contributed by atoms with Crippen LogP contribution in [-0.4, -0.2) is 49.3 Å². The van der Waals surface area contributed by atoms with Gasteiger partial charge in [0.25, 0.3) is 0 Å². The Kier molecular flexibility index (Phi) is 5.77. The number of nitrogens with zero attached hydrogens (tertiary/aromatic N) is 1. The summed E-state index contributed by atoms with van der Waals surface area (Å²) in [6.45, 7) is 1.97. The summed E-state index contributed by atoms with van der Waals surface area (Å²) in [6, 6.07) is 10.1. The number of benzene rings is 2. The Labute approximate surface area is 169 Å². The van der Waals surface area contributed by atoms with Gasteiger partial charge in [0, 0.05) is 24.9 Å². The molecule has 1 aliphatic rings. The van der Waals surface area contributed by atoms with Gasteiger partial charge in [0.2, 0.25) is 0 Å². The van der Waals surface area contributed by atoms with Gasteiger partial charge in [-0.25, -0.2) is 9.59 Å². The third-order valence-corrected chi connectivity index (χ3v) is 5.05. The molecule has 0 saturated heterocycles. The molecule has 2 aromatic rings. The zero-order valence-corrected chi connectivity index (χ0v) is 16.9. The average Bonchev–Trinajstić information content (AvgIpc) is 2.87. The first-order valence-electron chi connectivity index (χ1n) is 9.20. The maximum atomic E-state index is 12.5. The third-order valence-electron chi connectivity index (χ3n) is 5.05. The number of rotatable bonds is 4. The van der Waals surface area contributed by atoms with Crippen molar-refractivity contribution < 1.29 is 24.2 Å². The Hall–Kier alpha value is -3.48. The van der Waals surface area contributed by atoms with Gasteiger partial charge in [-0.2, -0.15) is 0 Å². The van der Waals surface area contributed by atoms with Crippen LogP contribution in [0, 0.1) is 0 Å². The average molecular weight is 396 g/mol. The van der Waals surface area contributed by atoms with E-state index < -0.39 is 5.97 Å². The van der Waals surface area contributed by atoms with Gasteiger partial charge < -0.3 is 19.9 Å². The highest BCUT2D eigenvalue weighted by molar-refractivity contribution is 5.90. The molecule has 0 bridgehead atoms. The topological polar surface area (TPSA) is 88.1 Å². The molecule has 0 spiro atoms. The molecule has 7 nitrogen and oxygen atoms in total. The lowest BCUT2D eigenvalue weighted by atomic mass is 9.92. The summed E-state index contributed by atoms with van der Waals surface area (Å²) in [6.07, 6.45) is 2.42. The number of methoxy groups -OCH3 is 2. The smallest absolute Gasteiger partial charge is 0.335 e. The van der Waals surface area contributed by atoms with Crippen molar-refractivity contribution in [2.45, 2.75) is 19.4 Å². The lowest BCUT2D eigenvalue weighted by molar-refractivity contribution is 0.0697. The van der Waals surface area contributed by atoms with Gasteiger partial charge >= 0.3 is 12.0 Å². The van der Waals surface area contributed by atoms with Gasteiger partial charge in [-0.15, -0.1) is 0 Å². The first-order chi connectivity index (χ1) is 13.9. The highest BCUT2D eigenvalue weighted by atomic mass is 16.5. The number of carboxylic acids is 1. The van der Waals surface area contributed by atoms with Crippen LogP contribution < -0.4 is 14.8 Å². The van der Waals surface area contributed by atoms with E-state index in [1.54, 1.807) is 56.6 Å². The quantitative estimate of drug-likeness (QED) is 0.827. The van der Waals surface area contributed by atoms with Crippen LogP contribution in [0.3, 0.4) is 0 Å². The van der Waals surface area contributed by atoms with Crippen molar-refractivity contribution in [3.8, 4) is 11.5 Å². The lowest BCUT2D eigenvalue weighted by Gasteiger charge is -2.24. The zero-order chi connectivity index (χ0) is 21.1. The van der Waals surface area contributed by atoms with Crippen LogP contribution in [0.25, 0.3) is 5.57 Å². The van der Waals surface area contributed by atoms with Crippen LogP contribution in [0.4, 0.5) is 4.79 Å². The second-order valence-electron chi connectivity index (χ2n) is 6.81. The molecule has 2 N–H and O–H groups in total. The number of amides is 2. The molecule has 2 aromatic carbocycles. The SMILES string of the molecule is CNC(=O)N1C=C(c2ccc(C(=O)O)cc2)c2cc(OC)c(OC)cc2CC1C. The van der Waals surface area contributed by atoms with E-state index in [9.17, 15) is 14.7 Å². The minimum absolute atomic E-state index is 0.0948. The van der Waals surface area contributed by atoms with Crippen molar-refractivity contribution in [3.05, 3.63) is 64.9 Å². The zero-order valence-electron chi connectivity index (χ0n) is 16.9. The molecule has 1 aliphatic heterocycles. The molecule has 1 atom stereocenters. The number of hydrogen-bond acceptors (Lipinski definition) is 4. The van der Waals surface area contributed by atoms with Crippen molar-refractivity contribution in [2.24, 2.45) is 0 Å². The number of carbonyl (C=O) groups is 2. The van der Waals surface area contributed by atoms with Crippen LogP contribution in [0.1, 0.15) is 34.0 Å². The Morgan fingerprint density at radius 3 is 2.28 bits per heavy atom. The number of urea groups is 1. The second kappa shape index (κ2) is 8.26. The normalized spacial score (nSPS) is 15.7. The van der Waals surface area contributed by atoms with Crippen molar-refractivity contribution in [1.82, 2.24) is 10.2 Å². The fourth-order valence-electron chi connectivity index (χ4n) is 3.50. The molecule has 3 rings (SSSR count). The summed E-state index contributed by atoms with van der Waals surface area (Å²) in [5.41, 5.74) is 3.71. The number of nitrogens with one attached hydrogen (secondary N) is 1. The molecule has 152 valence electrons. The summed E-state index contributed by atoms with van der Waals surface area (Å²) >= 11 is 0. The van der Waals surface area contributed by atoms with E-state index in [2.05, 4.69) is 5.32 Å². The Morgan fingerprint density at radius 1 is 1.10 bits per heavy atom. The fraction of sp³-hybridized carbons (Fsp3) is 0.273. The first kappa shape index (κ1) is 20.3. The molecule has 7 heteroatoms. The molecule has 0 saturated carbocycles. The molecule has 29 heavy (non-hydrogen) atoms. The first-order valence-corrected chi connectivity index (χ1v) is 9.20. The van der Waals surface area contributed by atoms with Crippen LogP contribution in [-0.2, 0) is 6.42 Å². The number of carbonyl (C=O) groups excluding carboxylic acids is 1. The molecule has 0 fully saturated rings. The molecular formula is C22H24N2O5. The highest BCUT2D eigenvalue weighted by Gasteiger charge is 2.26. The van der Waals surface area contributed by atoms with Crippen molar-refractivity contribution >= 4 is 17.6 Å². The maximum Gasteiger partial charge on any atom is 0.335 e. The largest absolute Gasteiger partial charge is 0.493 e. The Balaban J connectivity index is 2.22. The predicted octanol–water partition coefficient (Wildman–Crippen LogP) is 3.38. The van der Waals surface area contributed by atoms with Gasteiger partial charge in [0.05, 0.1) is 19.8 Å². The molecule has 2 amide bonds. The van der Waals surface area contributed by atoms with E-state index in [0.717, 1.165) is 22.3 Å². The summed E-state index contributed by atoms with van der Waals surface area (Å²) in [5.74, 6) is 0.214. The van der Waals surface area contributed by atoms with Gasteiger partial charge in [-0.1, -0.05) is 12.1 Å². The van der Waals surface area contributed by atoms with Gasteiger partial charge in [0.15, 0.2) is 11.5 Å². The number of carboxylic acid groups (broad SMARTS) is 1. The molecule has 0 aromatic heterocycles. The van der Waals surface area contributed by atoms with E-state index in [1.165, 1.54) is 0 Å². The summed E-state index contributed by atoms with van der Waals surface area (Å²) < 4.78 is 10.9. The van der Waals surface area contributed by atoms with E-state index in [1.807, 2.05) is 19.1 Å². The Bertz CT molecular complexity index is 966. The van der Waals surface area contributed by atoms with E-state index >= 15 is 0 Å². The summed E-state index contributed by atoms with van der Waals surface area (Å²) in [5, 5.41) is 11.9. The third kappa shape index (κ3) is 3.89. The monoisotopic (exact) mass is 396 g/mol. The van der Waals surface area contributed by atoms with Crippen molar-refractivity contribution in [2.75, 3.05) is 21.3 Å². The predicted molar refractivity (Wildman–Crippen MR) is 109 cm³/mol. The van der Waals surface area contributed by atoms with Crippen LogP contribution in [0.15, 0.2) is 42.6 Å². The standard InChI is InChI=1S/C22H24N2O5/c1-13-9-16-10-19(28-3)20(29-4)11-17(16)18(12-24(13)22(27)23-2)14-5-7-15(8-6-14)21(25)26/h5-8,10-13H,9H2,1-4H3,(H,23,27)(H,25,26). The fourth-order valence-corrected chi connectivity index (χ4v) is 3.50. The summed E-state index contributed by atoms with van der Waals surface area (Å²) in [7, 11) is 4.75. The molecular weight excluding hydrogens is 372 g/mol. The van der Waals surface area contributed by atoms with Crippen LogP contribution in [0.2, 0.25) is 0 Å². The van der Waals surface area contributed by atoms with E-state index in [4.69, 9.17) is 9.47 Å². The molecule has 0 aliphatic carbocycles. The number of ether oxygens (including phenoxy) is 2. The van der Waals surface area contributed by atoms with E-state index in [-0.39, 0.29) is 17.6 Å². The van der Waals surface area contributed by atoms with Crippen molar-refractivity contribution in [3.63, 3.8) is 0 Å². The van der Waals surface area contributed by atoms with Crippen LogP contribution >= 0.6 is 0 Å². The van der Waals surface area contributed by atoms with Gasteiger partial charge in [0.1, 0.15) is 0 Å². The minimum atomic E-state index is -0.987. The second-order valence-corrected chi connectivity index (χ2v) is 6.81. The molecule has 0 radical (unpaired) electrons. The number of fused-ring (bicyclic) bond motifs is 1. The van der Waals surface area contributed by atoms with Gasteiger partial charge in [-0.3, -0.25) is 4.90 Å². The van der Waals surface area contributed by atoms with E-state index in [0.29, 0.717) is 17.9 Å². The Morgan fingerprint density at radius 2 is 1.72 bits per heavy atom. The van der Waals surface area contributed by atoms with Crippen molar-refractivity contribution in [1.29, 1.82) is 0 Å². The summed E-state index contributed by atoms with van der Waals surface area (Å²) in [4.78, 5) is 25.4. The van der Waals surface area contributed by atoms with Crippen LogP contribution in [0.5, 0.6) is 11.5 Å². The lowest BCUT2D eigenvalue weighted by Crippen LogP contribution is -2.40. The highest BCUT2D eigenvalue weighted by Crippen LogP contribution is 2.39. The molecule has 1 heterocycles.